The molecule has 0 spiro atoms. The number of hydrogen-bond acceptors (Lipinski definition) is 7. The Balaban J connectivity index is 0.00000289. The molecule has 1 amide bonds. The number of hydrazone groups is 1. The number of carbonyl (C=O) groups is 1. The Bertz CT molecular complexity index is 779. The number of amidine groups is 1. The number of amides is 1. The Morgan fingerprint density at radius 2 is 1.76 bits per heavy atom. The van der Waals surface area contributed by atoms with E-state index in [-0.39, 0.29) is 30.7 Å². The van der Waals surface area contributed by atoms with Crippen LogP contribution < -0.4 is 16.1 Å². The van der Waals surface area contributed by atoms with Crippen LogP contribution in [0.2, 0.25) is 10.0 Å². The predicted octanol–water partition coefficient (Wildman–Crippen LogP) is 3.57. The molecule has 1 aromatic carbocycles. The summed E-state index contributed by atoms with van der Waals surface area (Å²) in [7, 11) is 0. The van der Waals surface area contributed by atoms with Gasteiger partial charge >= 0.3 is 0 Å². The maximum absolute atomic E-state index is 12.5. The van der Waals surface area contributed by atoms with E-state index in [0.29, 0.717) is 74.2 Å². The predicted molar refractivity (Wildman–Crippen MR) is 143 cm³/mol. The molecule has 2 aliphatic heterocycles. The number of piperidine rings is 1. The lowest BCUT2D eigenvalue weighted by atomic mass is 9.93. The molecule has 2 heterocycles. The van der Waals surface area contributed by atoms with Crippen LogP contribution in [0.5, 0.6) is 0 Å². The smallest absolute Gasteiger partial charge is 0.225 e. The average molecular weight is 559 g/mol. The lowest BCUT2D eigenvalue weighted by Gasteiger charge is -2.31. The molecule has 0 aromatic heterocycles. The van der Waals surface area contributed by atoms with Crippen LogP contribution in [0.3, 0.4) is 0 Å². The standard InChI is InChI=1S/C22H33Cl2N5O3.2ClH/c23-19-2-1-18(16-20(19)24)29-9-5-21(27-29)26-22(30)15-17-3-7-28(8-4-17)10-12-32-14-13-31-11-6-25;;/h1-2,16-17H,3-15,25H2,(H,26,27,30);2*1H. The lowest BCUT2D eigenvalue weighted by Crippen LogP contribution is -2.38. The molecule has 2 aliphatic rings. The molecule has 3 rings (SSSR count). The summed E-state index contributed by atoms with van der Waals surface area (Å²) in [5.41, 5.74) is 6.24. The van der Waals surface area contributed by atoms with Gasteiger partial charge in [0.05, 0.1) is 42.2 Å². The largest absolute Gasteiger partial charge is 0.378 e. The molecule has 1 saturated heterocycles. The number of carbonyl (C=O) groups excluding carboxylic acids is 1. The minimum Gasteiger partial charge on any atom is -0.378 e. The van der Waals surface area contributed by atoms with Crippen LogP contribution in [0.25, 0.3) is 0 Å². The minimum atomic E-state index is 0. The summed E-state index contributed by atoms with van der Waals surface area (Å²) in [5.74, 6) is 1.15. The maximum atomic E-state index is 12.5. The number of anilines is 1. The lowest BCUT2D eigenvalue weighted by molar-refractivity contribution is -0.121. The Morgan fingerprint density at radius 1 is 1.06 bits per heavy atom. The van der Waals surface area contributed by atoms with Gasteiger partial charge in [0.25, 0.3) is 0 Å². The highest BCUT2D eigenvalue weighted by Crippen LogP contribution is 2.28. The quantitative estimate of drug-likeness (QED) is 0.403. The third kappa shape index (κ3) is 10.4. The van der Waals surface area contributed by atoms with Crippen LogP contribution in [-0.4, -0.2) is 75.8 Å². The van der Waals surface area contributed by atoms with E-state index >= 15 is 0 Å². The van der Waals surface area contributed by atoms with Gasteiger partial charge in [0.2, 0.25) is 5.91 Å². The summed E-state index contributed by atoms with van der Waals surface area (Å²) in [6.45, 7) is 6.62. The molecule has 34 heavy (non-hydrogen) atoms. The number of ether oxygens (including phenoxy) is 2. The van der Waals surface area contributed by atoms with E-state index in [1.165, 1.54) is 0 Å². The van der Waals surface area contributed by atoms with Crippen molar-refractivity contribution in [1.82, 2.24) is 10.2 Å². The van der Waals surface area contributed by atoms with E-state index in [2.05, 4.69) is 15.3 Å². The summed E-state index contributed by atoms with van der Waals surface area (Å²) in [6, 6.07) is 5.41. The highest BCUT2D eigenvalue weighted by molar-refractivity contribution is 6.42. The summed E-state index contributed by atoms with van der Waals surface area (Å²) in [6.07, 6.45) is 3.28. The van der Waals surface area contributed by atoms with Crippen molar-refractivity contribution in [3.63, 3.8) is 0 Å². The number of rotatable bonds is 11. The van der Waals surface area contributed by atoms with Crippen molar-refractivity contribution < 1.29 is 14.3 Å². The van der Waals surface area contributed by atoms with Gasteiger partial charge in [0.1, 0.15) is 5.84 Å². The first-order chi connectivity index (χ1) is 15.5. The van der Waals surface area contributed by atoms with Crippen LogP contribution in [0.4, 0.5) is 5.69 Å². The number of halogens is 4. The van der Waals surface area contributed by atoms with Crippen LogP contribution in [0.1, 0.15) is 25.7 Å². The van der Waals surface area contributed by atoms with Gasteiger partial charge < -0.3 is 25.4 Å². The van der Waals surface area contributed by atoms with Crippen LogP contribution in [0, 0.1) is 5.92 Å². The van der Waals surface area contributed by atoms with Crippen molar-refractivity contribution in [3.05, 3.63) is 28.2 Å². The zero-order valence-electron chi connectivity index (χ0n) is 19.2. The molecule has 1 fully saturated rings. The minimum absolute atomic E-state index is 0. The highest BCUT2D eigenvalue weighted by Gasteiger charge is 2.23. The molecule has 12 heteroatoms. The van der Waals surface area contributed by atoms with Crippen molar-refractivity contribution in [3.8, 4) is 0 Å². The number of nitrogens with two attached hydrogens (primary N) is 1. The second-order valence-corrected chi connectivity index (χ2v) is 8.88. The monoisotopic (exact) mass is 557 g/mol. The second-order valence-electron chi connectivity index (χ2n) is 8.07. The van der Waals surface area contributed by atoms with Gasteiger partial charge in [-0.3, -0.25) is 9.80 Å². The number of likely N-dealkylation sites (tertiary alicyclic amines) is 1. The van der Waals surface area contributed by atoms with Crippen LogP contribution in [0.15, 0.2) is 23.3 Å². The van der Waals surface area contributed by atoms with Crippen LogP contribution >= 0.6 is 48.0 Å². The molecule has 0 atom stereocenters. The Kier molecular flexibility index (Phi) is 15.4. The molecular formula is C22H35Cl4N5O3. The molecule has 1 aromatic rings. The summed E-state index contributed by atoms with van der Waals surface area (Å²) in [5, 5.41) is 10.3. The molecule has 0 aliphatic carbocycles. The van der Waals surface area contributed by atoms with E-state index in [1.54, 1.807) is 12.1 Å². The normalized spacial score (nSPS) is 16.6. The molecular weight excluding hydrogens is 524 g/mol. The first-order valence-corrected chi connectivity index (χ1v) is 12.0. The van der Waals surface area contributed by atoms with Gasteiger partial charge in [0.15, 0.2) is 0 Å². The molecule has 194 valence electrons. The van der Waals surface area contributed by atoms with Gasteiger partial charge in [-0.2, -0.15) is 5.10 Å². The van der Waals surface area contributed by atoms with E-state index in [4.69, 9.17) is 38.4 Å². The van der Waals surface area contributed by atoms with Gasteiger partial charge in [-0.05, 0) is 50.0 Å². The Labute approximate surface area is 224 Å². The molecule has 0 radical (unpaired) electrons. The Hall–Kier alpha value is -0.840. The zero-order valence-corrected chi connectivity index (χ0v) is 22.4. The van der Waals surface area contributed by atoms with E-state index < -0.39 is 0 Å². The molecule has 3 N–H and O–H groups in total. The number of hydrogen-bond donors (Lipinski definition) is 2. The van der Waals surface area contributed by atoms with Crippen molar-refractivity contribution >= 4 is 65.4 Å². The second kappa shape index (κ2) is 16.8. The number of benzene rings is 1. The highest BCUT2D eigenvalue weighted by atomic mass is 35.5. The third-order valence-electron chi connectivity index (χ3n) is 5.65. The average Bonchev–Trinajstić information content (AvgIpc) is 3.24. The van der Waals surface area contributed by atoms with E-state index in [9.17, 15) is 4.79 Å². The van der Waals surface area contributed by atoms with E-state index in [1.807, 2.05) is 11.1 Å². The van der Waals surface area contributed by atoms with E-state index in [0.717, 1.165) is 38.2 Å². The van der Waals surface area contributed by atoms with Crippen molar-refractivity contribution in [1.29, 1.82) is 0 Å². The van der Waals surface area contributed by atoms with Gasteiger partial charge in [-0.25, -0.2) is 0 Å². The van der Waals surface area contributed by atoms with Crippen molar-refractivity contribution in [2.75, 3.05) is 64.2 Å². The van der Waals surface area contributed by atoms with Gasteiger partial charge in [-0.15, -0.1) is 24.8 Å². The fourth-order valence-corrected chi connectivity index (χ4v) is 4.16. The van der Waals surface area contributed by atoms with Gasteiger partial charge in [0, 0.05) is 32.5 Å². The number of nitrogens with zero attached hydrogens (tertiary/aromatic N) is 3. The molecule has 0 saturated carbocycles. The summed E-state index contributed by atoms with van der Waals surface area (Å²) < 4.78 is 10.9. The maximum Gasteiger partial charge on any atom is 0.225 e. The zero-order chi connectivity index (χ0) is 22.8. The fraction of sp³-hybridized carbons (Fsp3) is 0.636. The topological polar surface area (TPSA) is 92.4 Å². The summed E-state index contributed by atoms with van der Waals surface area (Å²) in [4.78, 5) is 14.9. The van der Waals surface area contributed by atoms with Crippen molar-refractivity contribution in [2.45, 2.75) is 25.7 Å². The van der Waals surface area contributed by atoms with Crippen molar-refractivity contribution in [2.24, 2.45) is 16.8 Å². The molecule has 0 bridgehead atoms. The molecule has 8 nitrogen and oxygen atoms in total. The molecule has 0 unspecified atom stereocenters. The third-order valence-corrected chi connectivity index (χ3v) is 6.39. The summed E-state index contributed by atoms with van der Waals surface area (Å²) >= 11 is 12.1. The van der Waals surface area contributed by atoms with Gasteiger partial charge in [-0.1, -0.05) is 23.2 Å². The first-order valence-electron chi connectivity index (χ1n) is 11.2. The fourth-order valence-electron chi connectivity index (χ4n) is 3.86. The Morgan fingerprint density at radius 3 is 2.44 bits per heavy atom. The van der Waals surface area contributed by atoms with Crippen LogP contribution in [-0.2, 0) is 14.3 Å². The first kappa shape index (κ1) is 31.2. The SMILES string of the molecule is Cl.Cl.NCCOCCOCCN1CCC(CC(=O)NC2=NN(c3ccc(Cl)c(Cl)c3)CC2)CC1. The number of nitrogens with one attached hydrogen (secondary N) is 1.